The molecule has 1 aromatic carbocycles. The highest BCUT2D eigenvalue weighted by molar-refractivity contribution is 6.30. The molecule has 0 amide bonds. The molecule has 0 spiro atoms. The minimum Gasteiger partial charge on any atom is -0.255 e. The summed E-state index contributed by atoms with van der Waals surface area (Å²) >= 11 is 5.67. The van der Waals surface area contributed by atoms with Gasteiger partial charge in [-0.25, -0.2) is 4.39 Å². The fourth-order valence-electron chi connectivity index (χ4n) is 1.34. The van der Waals surface area contributed by atoms with E-state index in [4.69, 9.17) is 18.0 Å². The second-order valence-corrected chi connectivity index (χ2v) is 3.64. The van der Waals surface area contributed by atoms with E-state index in [9.17, 15) is 4.39 Å². The van der Waals surface area contributed by atoms with Crippen LogP contribution in [0, 0.1) is 18.2 Å². The van der Waals surface area contributed by atoms with Gasteiger partial charge in [-0.15, -0.1) is 6.42 Å². The van der Waals surface area contributed by atoms with Crippen LogP contribution in [0.15, 0.2) is 36.5 Å². The summed E-state index contributed by atoms with van der Waals surface area (Å²) in [6, 6.07) is 7.87. The first-order chi connectivity index (χ1) is 7.70. The molecule has 16 heavy (non-hydrogen) atoms. The lowest BCUT2D eigenvalue weighted by Gasteiger charge is -2.02. The summed E-state index contributed by atoms with van der Waals surface area (Å²) in [6.07, 6.45) is 6.74. The van der Waals surface area contributed by atoms with Crippen LogP contribution in [-0.2, 0) is 0 Å². The normalized spacial score (nSPS) is 9.81. The molecule has 1 nitrogen and oxygen atoms in total. The topological polar surface area (TPSA) is 12.9 Å². The van der Waals surface area contributed by atoms with E-state index < -0.39 is 5.82 Å². The number of hydrogen-bond acceptors (Lipinski definition) is 1. The standard InChI is InChI=1S/C13H7ClFN/c1-2-9-3-6-13(16-8-9)11-5-4-10(14)7-12(11)15/h1,3-8H. The molecule has 78 valence electrons. The average Bonchev–Trinajstić information content (AvgIpc) is 2.29. The molecular weight excluding hydrogens is 225 g/mol. The van der Waals surface area contributed by atoms with Gasteiger partial charge in [0.05, 0.1) is 5.69 Å². The number of halogens is 2. The van der Waals surface area contributed by atoms with Crippen molar-refractivity contribution in [1.82, 2.24) is 4.98 Å². The minimum absolute atomic E-state index is 0.362. The predicted molar refractivity (Wildman–Crippen MR) is 62.6 cm³/mol. The fraction of sp³-hybridized carbons (Fsp3) is 0. The van der Waals surface area contributed by atoms with Crippen LogP contribution in [0.3, 0.4) is 0 Å². The number of rotatable bonds is 1. The van der Waals surface area contributed by atoms with Crippen molar-refractivity contribution in [3.63, 3.8) is 0 Å². The summed E-state index contributed by atoms with van der Waals surface area (Å²) in [5, 5.41) is 0.362. The molecule has 3 heteroatoms. The van der Waals surface area contributed by atoms with E-state index in [1.807, 2.05) is 0 Å². The average molecular weight is 232 g/mol. The molecule has 0 saturated heterocycles. The minimum atomic E-state index is -0.395. The Kier molecular flexibility index (Phi) is 2.89. The molecule has 0 fully saturated rings. The number of pyridine rings is 1. The molecule has 0 aliphatic carbocycles. The molecule has 0 radical (unpaired) electrons. The van der Waals surface area contributed by atoms with Gasteiger partial charge in [0.25, 0.3) is 0 Å². The third-order valence-electron chi connectivity index (χ3n) is 2.14. The first-order valence-electron chi connectivity index (χ1n) is 4.59. The molecule has 0 N–H and O–H groups in total. The Labute approximate surface area is 97.9 Å². The van der Waals surface area contributed by atoms with Gasteiger partial charge >= 0.3 is 0 Å². The lowest BCUT2D eigenvalue weighted by atomic mass is 10.1. The van der Waals surface area contributed by atoms with Crippen LogP contribution < -0.4 is 0 Å². The molecule has 0 unspecified atom stereocenters. The fourth-order valence-corrected chi connectivity index (χ4v) is 1.49. The number of nitrogens with zero attached hydrogens (tertiary/aromatic N) is 1. The summed E-state index contributed by atoms with van der Waals surface area (Å²) in [4.78, 5) is 4.08. The maximum atomic E-state index is 13.6. The smallest absolute Gasteiger partial charge is 0.134 e. The Hall–Kier alpha value is -1.85. The molecular formula is C13H7ClFN. The van der Waals surface area contributed by atoms with E-state index in [1.54, 1.807) is 24.3 Å². The molecule has 0 aliphatic rings. The molecule has 1 heterocycles. The Morgan fingerprint density at radius 2 is 2.06 bits per heavy atom. The summed E-state index contributed by atoms with van der Waals surface area (Å²) in [5.74, 6) is 2.06. The van der Waals surface area contributed by atoms with E-state index in [1.165, 1.54) is 12.3 Å². The Balaban J connectivity index is 2.47. The van der Waals surface area contributed by atoms with Gasteiger partial charge in [0, 0.05) is 22.3 Å². The molecule has 2 rings (SSSR count). The van der Waals surface area contributed by atoms with Crippen molar-refractivity contribution in [3.8, 4) is 23.6 Å². The molecule has 0 aliphatic heterocycles. The number of aromatic nitrogens is 1. The maximum Gasteiger partial charge on any atom is 0.134 e. The van der Waals surface area contributed by atoms with E-state index in [0.717, 1.165) is 0 Å². The van der Waals surface area contributed by atoms with Crippen LogP contribution in [0.4, 0.5) is 4.39 Å². The van der Waals surface area contributed by atoms with Crippen LogP contribution in [0.25, 0.3) is 11.3 Å². The van der Waals surface area contributed by atoms with Gasteiger partial charge in [-0.1, -0.05) is 17.5 Å². The van der Waals surface area contributed by atoms with Crippen molar-refractivity contribution in [2.24, 2.45) is 0 Å². The number of benzene rings is 1. The summed E-state index contributed by atoms with van der Waals surface area (Å²) in [6.45, 7) is 0. The first-order valence-corrected chi connectivity index (χ1v) is 4.96. The third-order valence-corrected chi connectivity index (χ3v) is 2.37. The van der Waals surface area contributed by atoms with E-state index in [0.29, 0.717) is 21.8 Å². The van der Waals surface area contributed by atoms with Crippen molar-refractivity contribution in [2.45, 2.75) is 0 Å². The molecule has 0 saturated carbocycles. The first kappa shape index (κ1) is 10.7. The SMILES string of the molecule is C#Cc1ccc(-c2ccc(Cl)cc2F)nc1. The number of terminal acetylenes is 1. The lowest BCUT2D eigenvalue weighted by molar-refractivity contribution is 0.631. The van der Waals surface area contributed by atoms with Crippen molar-refractivity contribution in [2.75, 3.05) is 0 Å². The molecule has 1 aromatic heterocycles. The van der Waals surface area contributed by atoms with Crippen LogP contribution >= 0.6 is 11.6 Å². The maximum absolute atomic E-state index is 13.6. The second-order valence-electron chi connectivity index (χ2n) is 3.20. The largest absolute Gasteiger partial charge is 0.255 e. The van der Waals surface area contributed by atoms with Crippen molar-refractivity contribution < 1.29 is 4.39 Å². The monoisotopic (exact) mass is 231 g/mol. The third kappa shape index (κ3) is 2.05. The molecule has 0 bridgehead atoms. The van der Waals surface area contributed by atoms with Crippen molar-refractivity contribution in [1.29, 1.82) is 0 Å². The van der Waals surface area contributed by atoms with E-state index >= 15 is 0 Å². The second kappa shape index (κ2) is 4.34. The number of hydrogen-bond donors (Lipinski definition) is 0. The van der Waals surface area contributed by atoms with Crippen LogP contribution in [-0.4, -0.2) is 4.98 Å². The van der Waals surface area contributed by atoms with Gasteiger partial charge in [-0.3, -0.25) is 4.98 Å². The van der Waals surface area contributed by atoms with Crippen LogP contribution in [0.5, 0.6) is 0 Å². The molecule has 0 atom stereocenters. The van der Waals surface area contributed by atoms with Crippen LogP contribution in [0.1, 0.15) is 5.56 Å². The highest BCUT2D eigenvalue weighted by Gasteiger charge is 2.06. The zero-order chi connectivity index (χ0) is 11.5. The Bertz CT molecular complexity index is 555. The lowest BCUT2D eigenvalue weighted by Crippen LogP contribution is -1.88. The van der Waals surface area contributed by atoms with Gasteiger partial charge < -0.3 is 0 Å². The highest BCUT2D eigenvalue weighted by Crippen LogP contribution is 2.23. The van der Waals surface area contributed by atoms with Gasteiger partial charge in [-0.05, 0) is 30.3 Å². The van der Waals surface area contributed by atoms with Crippen molar-refractivity contribution >= 4 is 11.6 Å². The van der Waals surface area contributed by atoms with Crippen molar-refractivity contribution in [3.05, 3.63) is 52.9 Å². The predicted octanol–water partition coefficient (Wildman–Crippen LogP) is 3.52. The van der Waals surface area contributed by atoms with Crippen LogP contribution in [0.2, 0.25) is 5.02 Å². The zero-order valence-electron chi connectivity index (χ0n) is 8.24. The summed E-state index contributed by atoms with van der Waals surface area (Å²) < 4.78 is 13.6. The van der Waals surface area contributed by atoms with Gasteiger partial charge in [0.2, 0.25) is 0 Å². The van der Waals surface area contributed by atoms with Gasteiger partial charge in [0.1, 0.15) is 5.82 Å². The zero-order valence-corrected chi connectivity index (χ0v) is 9.00. The Morgan fingerprint density at radius 1 is 1.25 bits per heavy atom. The highest BCUT2D eigenvalue weighted by atomic mass is 35.5. The quantitative estimate of drug-likeness (QED) is 0.685. The van der Waals surface area contributed by atoms with Gasteiger partial charge in [-0.2, -0.15) is 0 Å². The summed E-state index contributed by atoms with van der Waals surface area (Å²) in [7, 11) is 0. The van der Waals surface area contributed by atoms with E-state index in [2.05, 4.69) is 10.9 Å². The Morgan fingerprint density at radius 3 is 2.62 bits per heavy atom. The van der Waals surface area contributed by atoms with Gasteiger partial charge in [0.15, 0.2) is 0 Å². The molecule has 2 aromatic rings. The summed E-state index contributed by atoms with van der Waals surface area (Å²) in [5.41, 5.74) is 1.61. The van der Waals surface area contributed by atoms with E-state index in [-0.39, 0.29) is 0 Å².